The quantitative estimate of drug-likeness (QED) is 0.845. The number of aromatic nitrogens is 2. The molecule has 1 atom stereocenters. The van der Waals surface area contributed by atoms with E-state index in [1.807, 2.05) is 12.1 Å². The van der Waals surface area contributed by atoms with E-state index in [0.29, 0.717) is 5.82 Å². The van der Waals surface area contributed by atoms with Crippen LogP contribution in [0, 0.1) is 0 Å². The highest BCUT2D eigenvalue weighted by molar-refractivity contribution is 5.94. The summed E-state index contributed by atoms with van der Waals surface area (Å²) in [4.78, 5) is 12.2. The number of fused-ring (bicyclic) bond motifs is 1. The molecule has 3 rings (SSSR count). The van der Waals surface area contributed by atoms with E-state index in [1.54, 1.807) is 24.0 Å². The third-order valence-corrected chi connectivity index (χ3v) is 3.47. The summed E-state index contributed by atoms with van der Waals surface area (Å²) in [5, 5.41) is 10.2. The van der Waals surface area contributed by atoms with Crippen LogP contribution in [0.15, 0.2) is 36.5 Å². The second-order valence-electron chi connectivity index (χ2n) is 4.74. The van der Waals surface area contributed by atoms with Crippen LogP contribution >= 0.6 is 0 Å². The zero-order valence-corrected chi connectivity index (χ0v) is 10.8. The molecule has 2 heterocycles. The zero-order chi connectivity index (χ0) is 13.2. The molecule has 0 fully saturated rings. The molecule has 0 bridgehead atoms. The molecule has 19 heavy (non-hydrogen) atoms. The van der Waals surface area contributed by atoms with Crippen LogP contribution in [0.5, 0.6) is 0 Å². The molecule has 1 amide bonds. The molecule has 0 saturated heterocycles. The lowest BCUT2D eigenvalue weighted by molar-refractivity contribution is -0.118. The third kappa shape index (κ3) is 2.37. The van der Waals surface area contributed by atoms with Gasteiger partial charge in [0.05, 0.1) is 12.2 Å². The second-order valence-corrected chi connectivity index (χ2v) is 4.74. The van der Waals surface area contributed by atoms with Gasteiger partial charge in [0.15, 0.2) is 0 Å². The van der Waals surface area contributed by atoms with Crippen LogP contribution in [-0.4, -0.2) is 21.7 Å². The van der Waals surface area contributed by atoms with Gasteiger partial charge in [-0.25, -0.2) is 0 Å². The lowest BCUT2D eigenvalue weighted by Gasteiger charge is -2.25. The van der Waals surface area contributed by atoms with Gasteiger partial charge < -0.3 is 10.6 Å². The van der Waals surface area contributed by atoms with Crippen LogP contribution in [-0.2, 0) is 24.8 Å². The highest BCUT2D eigenvalue weighted by Crippen LogP contribution is 2.17. The Morgan fingerprint density at radius 3 is 2.89 bits per heavy atom. The van der Waals surface area contributed by atoms with Gasteiger partial charge in [0.1, 0.15) is 5.82 Å². The first-order valence-corrected chi connectivity index (χ1v) is 6.33. The van der Waals surface area contributed by atoms with Gasteiger partial charge in [-0.1, -0.05) is 24.3 Å². The van der Waals surface area contributed by atoms with Gasteiger partial charge in [-0.15, -0.1) is 0 Å². The fourth-order valence-corrected chi connectivity index (χ4v) is 2.35. The molecule has 1 aromatic carbocycles. The number of aryl methyl sites for hydroxylation is 1. The Balaban J connectivity index is 1.71. The molecule has 0 spiro atoms. The zero-order valence-electron chi connectivity index (χ0n) is 10.8. The first-order chi connectivity index (χ1) is 9.24. The van der Waals surface area contributed by atoms with Crippen molar-refractivity contribution in [2.45, 2.75) is 19.0 Å². The van der Waals surface area contributed by atoms with E-state index in [4.69, 9.17) is 0 Å². The van der Waals surface area contributed by atoms with Gasteiger partial charge in [-0.05, 0) is 17.5 Å². The van der Waals surface area contributed by atoms with Crippen LogP contribution in [0.4, 0.5) is 5.82 Å². The largest absolute Gasteiger partial charge is 0.310 e. The van der Waals surface area contributed by atoms with Gasteiger partial charge in [-0.3, -0.25) is 9.48 Å². The first-order valence-electron chi connectivity index (χ1n) is 6.33. The number of rotatable bonds is 2. The van der Waals surface area contributed by atoms with Crippen molar-refractivity contribution in [1.82, 2.24) is 15.1 Å². The maximum absolute atomic E-state index is 12.2. The van der Waals surface area contributed by atoms with E-state index in [0.717, 1.165) is 13.0 Å². The fraction of sp³-hybridized carbons (Fsp3) is 0.286. The van der Waals surface area contributed by atoms with Gasteiger partial charge in [-0.2, -0.15) is 5.10 Å². The summed E-state index contributed by atoms with van der Waals surface area (Å²) < 4.78 is 1.65. The number of nitrogens with zero attached hydrogens (tertiary/aromatic N) is 2. The topological polar surface area (TPSA) is 59.0 Å². The Bertz CT molecular complexity index is 605. The lowest BCUT2D eigenvalue weighted by atomic mass is 9.95. The maximum Gasteiger partial charge on any atom is 0.243 e. The number of anilines is 1. The molecule has 1 aliphatic heterocycles. The van der Waals surface area contributed by atoms with E-state index in [9.17, 15) is 4.79 Å². The maximum atomic E-state index is 12.2. The van der Waals surface area contributed by atoms with Crippen molar-refractivity contribution in [3.63, 3.8) is 0 Å². The molecule has 5 nitrogen and oxygen atoms in total. The molecular weight excluding hydrogens is 240 g/mol. The summed E-state index contributed by atoms with van der Waals surface area (Å²) >= 11 is 0. The minimum absolute atomic E-state index is 0.0156. The highest BCUT2D eigenvalue weighted by atomic mass is 16.2. The molecule has 0 aliphatic carbocycles. The molecule has 1 aromatic heterocycles. The van der Waals surface area contributed by atoms with Gasteiger partial charge in [0.2, 0.25) is 5.91 Å². The third-order valence-electron chi connectivity index (χ3n) is 3.47. The Morgan fingerprint density at radius 2 is 2.16 bits per heavy atom. The molecule has 98 valence electrons. The number of carbonyl (C=O) groups excluding carboxylic acids is 1. The smallest absolute Gasteiger partial charge is 0.243 e. The molecule has 2 aromatic rings. The van der Waals surface area contributed by atoms with E-state index in [-0.39, 0.29) is 11.9 Å². The Kier molecular flexibility index (Phi) is 3.05. The van der Waals surface area contributed by atoms with Crippen molar-refractivity contribution in [3.8, 4) is 0 Å². The van der Waals surface area contributed by atoms with Gasteiger partial charge >= 0.3 is 0 Å². The molecule has 2 N–H and O–H groups in total. The second kappa shape index (κ2) is 4.85. The number of hydrogen-bond donors (Lipinski definition) is 2. The van der Waals surface area contributed by atoms with Gasteiger partial charge in [0.25, 0.3) is 0 Å². The summed E-state index contributed by atoms with van der Waals surface area (Å²) in [6.45, 7) is 0.736. The number of nitrogens with one attached hydrogen (secondary N) is 2. The van der Waals surface area contributed by atoms with Crippen LogP contribution in [0.2, 0.25) is 0 Å². The van der Waals surface area contributed by atoms with Crippen LogP contribution in [0.1, 0.15) is 11.1 Å². The van der Waals surface area contributed by atoms with Gasteiger partial charge in [0, 0.05) is 19.7 Å². The van der Waals surface area contributed by atoms with Crippen LogP contribution < -0.4 is 10.6 Å². The summed E-state index contributed by atoms with van der Waals surface area (Å²) in [7, 11) is 1.80. The normalized spacial score (nSPS) is 17.8. The molecule has 5 heteroatoms. The Hall–Kier alpha value is -2.14. The summed E-state index contributed by atoms with van der Waals surface area (Å²) in [5.74, 6) is 0.698. The Morgan fingerprint density at radius 1 is 1.37 bits per heavy atom. The van der Waals surface area contributed by atoms with E-state index >= 15 is 0 Å². The first kappa shape index (κ1) is 11.9. The van der Waals surface area contributed by atoms with Crippen molar-refractivity contribution in [2.75, 3.05) is 5.32 Å². The number of carbonyl (C=O) groups is 1. The van der Waals surface area contributed by atoms with Crippen LogP contribution in [0.3, 0.4) is 0 Å². The number of amides is 1. The summed E-state index contributed by atoms with van der Waals surface area (Å²) in [6.07, 6.45) is 2.39. The standard InChI is InChI=1S/C14H16N4O/c1-18-13(6-7-16-18)17-14(19)12-8-10-4-2-3-5-11(10)9-15-12/h2-7,12,15H,8-9H2,1H3,(H,17,19)/t12-/m0/s1. The SMILES string of the molecule is Cn1nccc1NC(=O)[C@@H]1Cc2ccccc2CN1. The predicted octanol–water partition coefficient (Wildman–Crippen LogP) is 1.07. The highest BCUT2D eigenvalue weighted by Gasteiger charge is 2.24. The van der Waals surface area contributed by atoms with Crippen molar-refractivity contribution >= 4 is 11.7 Å². The fourth-order valence-electron chi connectivity index (χ4n) is 2.35. The van der Waals surface area contributed by atoms with E-state index in [1.165, 1.54) is 11.1 Å². The minimum atomic E-state index is -0.190. The number of hydrogen-bond acceptors (Lipinski definition) is 3. The van der Waals surface area contributed by atoms with Crippen molar-refractivity contribution in [2.24, 2.45) is 7.05 Å². The average Bonchev–Trinajstić information content (AvgIpc) is 2.84. The van der Waals surface area contributed by atoms with Crippen LogP contribution in [0.25, 0.3) is 0 Å². The monoisotopic (exact) mass is 256 g/mol. The van der Waals surface area contributed by atoms with Crippen molar-refractivity contribution in [1.29, 1.82) is 0 Å². The summed E-state index contributed by atoms with van der Waals surface area (Å²) in [5.41, 5.74) is 2.51. The van der Waals surface area contributed by atoms with Crippen molar-refractivity contribution < 1.29 is 4.79 Å². The number of benzene rings is 1. The predicted molar refractivity (Wildman–Crippen MR) is 72.6 cm³/mol. The average molecular weight is 256 g/mol. The van der Waals surface area contributed by atoms with E-state index in [2.05, 4.69) is 27.9 Å². The minimum Gasteiger partial charge on any atom is -0.310 e. The molecule has 0 saturated carbocycles. The van der Waals surface area contributed by atoms with E-state index < -0.39 is 0 Å². The lowest BCUT2D eigenvalue weighted by Crippen LogP contribution is -2.44. The molecule has 0 radical (unpaired) electrons. The molecular formula is C14H16N4O. The Labute approximate surface area is 111 Å². The van der Waals surface area contributed by atoms with Crippen molar-refractivity contribution in [3.05, 3.63) is 47.7 Å². The summed E-state index contributed by atoms with van der Waals surface area (Å²) in [6, 6.07) is 9.81. The molecule has 1 aliphatic rings. The molecule has 0 unspecified atom stereocenters.